The third-order valence-electron chi connectivity index (χ3n) is 1.69. The Kier molecular flexibility index (Phi) is 4.56. The van der Waals surface area contributed by atoms with Crippen LogP contribution in [0, 0.1) is 6.92 Å². The number of hydrogen-bond donors (Lipinski definition) is 2. The Morgan fingerprint density at radius 3 is 3.00 bits per heavy atom. The maximum atomic E-state index is 5.80. The van der Waals surface area contributed by atoms with Crippen molar-refractivity contribution in [2.24, 2.45) is 0 Å². The first-order valence-corrected chi connectivity index (χ1v) is 5.17. The van der Waals surface area contributed by atoms with Gasteiger partial charge in [-0.2, -0.15) is 12.6 Å². The summed E-state index contributed by atoms with van der Waals surface area (Å²) in [5.74, 6) is 0.847. The van der Waals surface area contributed by atoms with E-state index in [2.05, 4.69) is 22.9 Å². The molecule has 1 rings (SSSR count). The number of nitrogens with zero attached hydrogens (tertiary/aromatic N) is 1. The summed E-state index contributed by atoms with van der Waals surface area (Å²) in [4.78, 5) is 4.06. The van der Waals surface area contributed by atoms with E-state index in [1.807, 2.05) is 13.0 Å². The number of rotatable bonds is 4. The van der Waals surface area contributed by atoms with Crippen LogP contribution in [0.3, 0.4) is 0 Å². The van der Waals surface area contributed by atoms with E-state index in [-0.39, 0.29) is 0 Å². The van der Waals surface area contributed by atoms with Gasteiger partial charge in [-0.3, -0.25) is 0 Å². The number of pyridine rings is 1. The number of thiol groups is 1. The van der Waals surface area contributed by atoms with Gasteiger partial charge in [-0.1, -0.05) is 17.7 Å². The summed E-state index contributed by atoms with van der Waals surface area (Å²) in [6, 6.07) is 2.04. The van der Waals surface area contributed by atoms with Gasteiger partial charge in [0.05, 0.1) is 0 Å². The van der Waals surface area contributed by atoms with Crippen LogP contribution in [0.1, 0.15) is 11.1 Å². The van der Waals surface area contributed by atoms with Crippen LogP contribution in [-0.2, 0) is 6.54 Å². The van der Waals surface area contributed by atoms with Gasteiger partial charge in [-0.05, 0) is 18.1 Å². The lowest BCUT2D eigenvalue weighted by Crippen LogP contribution is -2.15. The van der Waals surface area contributed by atoms with Crippen molar-refractivity contribution in [3.05, 3.63) is 28.5 Å². The fraction of sp³-hybridized carbons (Fsp3) is 0.444. The first-order chi connectivity index (χ1) is 6.24. The molecule has 0 bridgehead atoms. The van der Waals surface area contributed by atoms with E-state index in [4.69, 9.17) is 11.6 Å². The van der Waals surface area contributed by atoms with Crippen LogP contribution in [0.5, 0.6) is 0 Å². The zero-order valence-corrected chi connectivity index (χ0v) is 9.20. The lowest BCUT2D eigenvalue weighted by atomic mass is 10.2. The van der Waals surface area contributed by atoms with E-state index >= 15 is 0 Å². The average molecular weight is 217 g/mol. The summed E-state index contributed by atoms with van der Waals surface area (Å²) < 4.78 is 0. The molecule has 0 saturated carbocycles. The molecule has 0 fully saturated rings. The van der Waals surface area contributed by atoms with Crippen molar-refractivity contribution in [1.29, 1.82) is 0 Å². The summed E-state index contributed by atoms with van der Waals surface area (Å²) in [7, 11) is 0. The maximum absolute atomic E-state index is 5.80. The highest BCUT2D eigenvalue weighted by Gasteiger charge is 1.97. The summed E-state index contributed by atoms with van der Waals surface area (Å²) in [5, 5.41) is 3.82. The molecule has 1 N–H and O–H groups in total. The predicted molar refractivity (Wildman–Crippen MR) is 59.5 cm³/mol. The van der Waals surface area contributed by atoms with E-state index in [9.17, 15) is 0 Å². The zero-order chi connectivity index (χ0) is 9.68. The van der Waals surface area contributed by atoms with Crippen LogP contribution in [-0.4, -0.2) is 17.3 Å². The van der Waals surface area contributed by atoms with Crippen molar-refractivity contribution < 1.29 is 0 Å². The molecule has 0 saturated heterocycles. The lowest BCUT2D eigenvalue weighted by Gasteiger charge is -2.04. The molecule has 0 spiro atoms. The molecular formula is C9H13ClN2S. The van der Waals surface area contributed by atoms with Gasteiger partial charge in [-0.25, -0.2) is 4.98 Å². The number of nitrogens with one attached hydrogen (secondary N) is 1. The number of aryl methyl sites for hydroxylation is 1. The minimum absolute atomic E-state index is 0.581. The highest BCUT2D eigenvalue weighted by Crippen LogP contribution is 2.12. The van der Waals surface area contributed by atoms with Gasteiger partial charge < -0.3 is 5.32 Å². The summed E-state index contributed by atoms with van der Waals surface area (Å²) in [6.45, 7) is 3.69. The van der Waals surface area contributed by atoms with Crippen molar-refractivity contribution in [2.45, 2.75) is 13.5 Å². The van der Waals surface area contributed by atoms with Crippen molar-refractivity contribution in [3.8, 4) is 0 Å². The molecule has 0 aromatic carbocycles. The minimum atomic E-state index is 0.581. The molecule has 0 aliphatic heterocycles. The molecule has 0 atom stereocenters. The minimum Gasteiger partial charge on any atom is -0.312 e. The highest BCUT2D eigenvalue weighted by atomic mass is 35.5. The SMILES string of the molecule is Cc1cc(CNCCS)cnc1Cl. The Morgan fingerprint density at radius 2 is 2.38 bits per heavy atom. The first kappa shape index (κ1) is 10.8. The van der Waals surface area contributed by atoms with Gasteiger partial charge in [0, 0.05) is 25.0 Å². The molecule has 0 amide bonds. The van der Waals surface area contributed by atoms with Gasteiger partial charge in [0.2, 0.25) is 0 Å². The van der Waals surface area contributed by atoms with E-state index in [1.165, 1.54) is 0 Å². The second kappa shape index (κ2) is 5.47. The molecule has 13 heavy (non-hydrogen) atoms. The Balaban J connectivity index is 2.53. The van der Waals surface area contributed by atoms with E-state index in [1.54, 1.807) is 6.20 Å². The predicted octanol–water partition coefficient (Wildman–Crippen LogP) is 2.06. The van der Waals surface area contributed by atoms with Crippen LogP contribution < -0.4 is 5.32 Å². The van der Waals surface area contributed by atoms with Crippen LogP contribution in [0.2, 0.25) is 5.15 Å². The molecule has 1 aromatic rings. The molecule has 2 nitrogen and oxygen atoms in total. The summed E-state index contributed by atoms with van der Waals surface area (Å²) >= 11 is 9.90. The fourth-order valence-corrected chi connectivity index (χ4v) is 1.29. The quantitative estimate of drug-likeness (QED) is 0.458. The third kappa shape index (κ3) is 3.55. The van der Waals surface area contributed by atoms with Crippen molar-refractivity contribution in [1.82, 2.24) is 10.3 Å². The van der Waals surface area contributed by atoms with Crippen molar-refractivity contribution >= 4 is 24.2 Å². The largest absolute Gasteiger partial charge is 0.312 e. The van der Waals surface area contributed by atoms with Gasteiger partial charge in [0.25, 0.3) is 0 Å². The van der Waals surface area contributed by atoms with Crippen LogP contribution >= 0.6 is 24.2 Å². The Labute approximate surface area is 89.1 Å². The Hall–Kier alpha value is -0.250. The second-order valence-electron chi connectivity index (χ2n) is 2.85. The molecule has 0 unspecified atom stereocenters. The number of hydrogen-bond acceptors (Lipinski definition) is 3. The van der Waals surface area contributed by atoms with Gasteiger partial charge in [-0.15, -0.1) is 0 Å². The Bertz CT molecular complexity index is 278. The normalized spacial score (nSPS) is 10.4. The standard InChI is InChI=1S/C9H13ClN2S/c1-7-4-8(5-11-2-3-13)6-12-9(7)10/h4,6,11,13H,2-3,5H2,1H3. The molecule has 0 aliphatic carbocycles. The molecule has 72 valence electrons. The van der Waals surface area contributed by atoms with Gasteiger partial charge in [0.1, 0.15) is 5.15 Å². The smallest absolute Gasteiger partial charge is 0.131 e. The van der Waals surface area contributed by atoms with E-state index in [0.29, 0.717) is 5.15 Å². The van der Waals surface area contributed by atoms with Crippen molar-refractivity contribution in [2.75, 3.05) is 12.3 Å². The van der Waals surface area contributed by atoms with E-state index in [0.717, 1.165) is 30.0 Å². The molecule has 4 heteroatoms. The molecule has 0 aliphatic rings. The summed E-state index contributed by atoms with van der Waals surface area (Å²) in [5.41, 5.74) is 2.18. The molecular weight excluding hydrogens is 204 g/mol. The fourth-order valence-electron chi connectivity index (χ4n) is 1.02. The lowest BCUT2D eigenvalue weighted by molar-refractivity contribution is 0.730. The van der Waals surface area contributed by atoms with Crippen LogP contribution in [0.4, 0.5) is 0 Å². The first-order valence-electron chi connectivity index (χ1n) is 4.16. The van der Waals surface area contributed by atoms with Gasteiger partial charge >= 0.3 is 0 Å². The second-order valence-corrected chi connectivity index (χ2v) is 3.66. The number of aromatic nitrogens is 1. The van der Waals surface area contributed by atoms with Crippen LogP contribution in [0.25, 0.3) is 0 Å². The summed E-state index contributed by atoms with van der Waals surface area (Å²) in [6.07, 6.45) is 1.79. The molecule has 1 aromatic heterocycles. The topological polar surface area (TPSA) is 24.9 Å². The third-order valence-corrected chi connectivity index (χ3v) is 2.31. The molecule has 1 heterocycles. The van der Waals surface area contributed by atoms with Crippen LogP contribution in [0.15, 0.2) is 12.3 Å². The van der Waals surface area contributed by atoms with E-state index < -0.39 is 0 Å². The zero-order valence-electron chi connectivity index (χ0n) is 7.55. The van der Waals surface area contributed by atoms with Crippen molar-refractivity contribution in [3.63, 3.8) is 0 Å². The average Bonchev–Trinajstić information content (AvgIpc) is 2.12. The van der Waals surface area contributed by atoms with Gasteiger partial charge in [0.15, 0.2) is 0 Å². The Morgan fingerprint density at radius 1 is 1.62 bits per heavy atom. The maximum Gasteiger partial charge on any atom is 0.131 e. The monoisotopic (exact) mass is 216 g/mol. The molecule has 0 radical (unpaired) electrons. The highest BCUT2D eigenvalue weighted by molar-refractivity contribution is 7.80. The number of halogens is 1.